The molecule has 1 N–H and O–H groups in total. The molecule has 0 saturated carbocycles. The number of hydrogen-bond acceptors (Lipinski definition) is 7. The summed E-state index contributed by atoms with van der Waals surface area (Å²) in [6.07, 6.45) is 5.20. The Kier molecular flexibility index (Phi) is 13.0. The number of carbonyl (C=O) groups excluding carboxylic acids is 1. The lowest BCUT2D eigenvalue weighted by atomic mass is 9.98. The molecular weight excluding hydrogens is 572 g/mol. The van der Waals surface area contributed by atoms with E-state index in [-0.39, 0.29) is 11.1 Å². The molecule has 0 heterocycles. The van der Waals surface area contributed by atoms with Gasteiger partial charge in [0.05, 0.1) is 34.7 Å². The van der Waals surface area contributed by atoms with E-state index in [0.29, 0.717) is 34.1 Å². The molecule has 0 aromatic heterocycles. The number of carboxylic acid groups (broad SMARTS) is 1. The molecule has 0 atom stereocenters. The highest BCUT2D eigenvalue weighted by Gasteiger charge is 2.19. The number of methoxy groups -OCH3 is 4. The molecule has 0 fully saturated rings. The highest BCUT2D eigenvalue weighted by Crippen LogP contribution is 2.32. The smallest absolute Gasteiger partial charge is 0.341 e. The predicted molar refractivity (Wildman–Crippen MR) is 176 cm³/mol. The van der Waals surface area contributed by atoms with E-state index in [0.717, 1.165) is 11.1 Å². The van der Waals surface area contributed by atoms with Crippen molar-refractivity contribution in [1.29, 1.82) is 0 Å². The molecule has 0 saturated heterocycles. The molecule has 4 aromatic carbocycles. The van der Waals surface area contributed by atoms with Crippen LogP contribution in [0.15, 0.2) is 115 Å². The van der Waals surface area contributed by atoms with Gasteiger partial charge in [-0.3, -0.25) is 0 Å². The Bertz CT molecular complexity index is 1670. The van der Waals surface area contributed by atoms with Crippen LogP contribution < -0.4 is 9.47 Å². The van der Waals surface area contributed by atoms with Crippen LogP contribution in [0.3, 0.4) is 0 Å². The molecule has 4 rings (SSSR count). The van der Waals surface area contributed by atoms with Gasteiger partial charge in [0.15, 0.2) is 0 Å². The predicted octanol–water partition coefficient (Wildman–Crippen LogP) is 7.97. The zero-order valence-electron chi connectivity index (χ0n) is 25.9. The normalized spacial score (nSPS) is 11.4. The molecule has 0 aliphatic heterocycles. The first-order chi connectivity index (χ1) is 21.8. The number of carboxylic acids is 1. The zero-order chi connectivity index (χ0) is 32.6. The van der Waals surface area contributed by atoms with Gasteiger partial charge in [-0.15, -0.1) is 0 Å². The SMILES string of the molecule is CO/C(C)=C(/C(=O)O)c1ccccc1C=Cc1ccccc1.CO/C=C(/C(=O)OC)c1ccccc1Oc1cccc(OC)c1. The van der Waals surface area contributed by atoms with Gasteiger partial charge >= 0.3 is 11.9 Å². The van der Waals surface area contributed by atoms with Gasteiger partial charge in [-0.05, 0) is 41.8 Å². The maximum absolute atomic E-state index is 12.0. The summed E-state index contributed by atoms with van der Waals surface area (Å²) in [6.45, 7) is 1.65. The number of para-hydroxylation sites is 1. The first-order valence-corrected chi connectivity index (χ1v) is 13.9. The summed E-state index contributed by atoms with van der Waals surface area (Å²) in [5.41, 5.74) is 3.55. The third kappa shape index (κ3) is 9.62. The van der Waals surface area contributed by atoms with Crippen molar-refractivity contribution < 1.29 is 38.4 Å². The third-order valence-electron chi connectivity index (χ3n) is 6.44. The summed E-state index contributed by atoms with van der Waals surface area (Å²) >= 11 is 0. The van der Waals surface area contributed by atoms with Crippen LogP contribution in [-0.4, -0.2) is 45.5 Å². The van der Waals surface area contributed by atoms with Crippen LogP contribution in [0.5, 0.6) is 17.2 Å². The lowest BCUT2D eigenvalue weighted by molar-refractivity contribution is -0.134. The van der Waals surface area contributed by atoms with Gasteiger partial charge in [0.1, 0.15) is 34.2 Å². The van der Waals surface area contributed by atoms with E-state index >= 15 is 0 Å². The fourth-order valence-electron chi connectivity index (χ4n) is 4.20. The van der Waals surface area contributed by atoms with Crippen LogP contribution in [0.4, 0.5) is 0 Å². The molecule has 0 spiro atoms. The van der Waals surface area contributed by atoms with Crippen molar-refractivity contribution in [3.63, 3.8) is 0 Å². The Morgan fingerprint density at radius 3 is 1.98 bits per heavy atom. The van der Waals surface area contributed by atoms with E-state index in [9.17, 15) is 14.7 Å². The monoisotopic (exact) mass is 608 g/mol. The molecule has 0 aliphatic carbocycles. The van der Waals surface area contributed by atoms with E-state index in [1.807, 2.05) is 78.9 Å². The minimum Gasteiger partial charge on any atom is -0.503 e. The molecular formula is C37H36O8. The van der Waals surface area contributed by atoms with Crippen LogP contribution in [0.25, 0.3) is 23.3 Å². The van der Waals surface area contributed by atoms with Crippen LogP contribution >= 0.6 is 0 Å². The minimum atomic E-state index is -1.00. The second-order valence-corrected chi connectivity index (χ2v) is 9.31. The number of hydrogen-bond donors (Lipinski definition) is 1. The van der Waals surface area contributed by atoms with Crippen molar-refractivity contribution in [1.82, 2.24) is 0 Å². The Morgan fingerprint density at radius 2 is 1.33 bits per heavy atom. The highest BCUT2D eigenvalue weighted by molar-refractivity contribution is 6.17. The van der Waals surface area contributed by atoms with Gasteiger partial charge in [0, 0.05) is 11.6 Å². The number of allylic oxidation sites excluding steroid dienone is 1. The number of esters is 1. The van der Waals surface area contributed by atoms with Crippen molar-refractivity contribution in [3.8, 4) is 17.2 Å². The summed E-state index contributed by atoms with van der Waals surface area (Å²) in [4.78, 5) is 23.5. The summed E-state index contributed by atoms with van der Waals surface area (Å²) < 4.78 is 26.0. The largest absolute Gasteiger partial charge is 0.503 e. The van der Waals surface area contributed by atoms with E-state index in [4.69, 9.17) is 23.7 Å². The fraction of sp³-hybridized carbons (Fsp3) is 0.135. The minimum absolute atomic E-state index is 0.177. The van der Waals surface area contributed by atoms with Gasteiger partial charge in [-0.2, -0.15) is 0 Å². The standard InChI is InChI=1S/C19H18O3.C18H18O5/c1-14(22-2)18(19(20)21)17-11-7-6-10-16(17)13-12-15-8-4-3-5-9-15;1-20-12-16(18(19)22-3)15-9-4-5-10-17(15)23-14-8-6-7-13(11-14)21-2/h3-13H,1-2H3,(H,20,21);4-12H,1-3H3/b13-12?,18-14+;16-12+. The van der Waals surface area contributed by atoms with Crippen molar-refractivity contribution in [2.45, 2.75) is 6.92 Å². The number of carbonyl (C=O) groups is 2. The number of benzene rings is 4. The lowest BCUT2D eigenvalue weighted by Gasteiger charge is -2.13. The van der Waals surface area contributed by atoms with Crippen molar-refractivity contribution in [2.24, 2.45) is 0 Å². The van der Waals surface area contributed by atoms with Crippen LogP contribution in [0.1, 0.15) is 29.2 Å². The second-order valence-electron chi connectivity index (χ2n) is 9.31. The van der Waals surface area contributed by atoms with Crippen molar-refractivity contribution in [3.05, 3.63) is 137 Å². The topological polar surface area (TPSA) is 101 Å². The molecule has 0 radical (unpaired) electrons. The first kappa shape index (κ1) is 33.7. The third-order valence-corrected chi connectivity index (χ3v) is 6.44. The molecule has 232 valence electrons. The highest BCUT2D eigenvalue weighted by atomic mass is 16.5. The van der Waals surface area contributed by atoms with Crippen LogP contribution in [-0.2, 0) is 23.8 Å². The van der Waals surface area contributed by atoms with E-state index in [1.165, 1.54) is 27.6 Å². The Labute approximate surface area is 263 Å². The first-order valence-electron chi connectivity index (χ1n) is 13.9. The average Bonchev–Trinajstić information content (AvgIpc) is 3.07. The Morgan fingerprint density at radius 1 is 0.689 bits per heavy atom. The van der Waals surface area contributed by atoms with Crippen molar-refractivity contribution >= 4 is 35.2 Å². The fourth-order valence-corrected chi connectivity index (χ4v) is 4.20. The second kappa shape index (κ2) is 17.4. The van der Waals surface area contributed by atoms with E-state index in [1.54, 1.807) is 50.4 Å². The molecule has 45 heavy (non-hydrogen) atoms. The molecule has 0 unspecified atom stereocenters. The van der Waals surface area contributed by atoms with Gasteiger partial charge in [0.25, 0.3) is 0 Å². The van der Waals surface area contributed by atoms with Crippen LogP contribution in [0.2, 0.25) is 0 Å². The summed E-state index contributed by atoms with van der Waals surface area (Å²) in [6, 6.07) is 31.6. The quantitative estimate of drug-likeness (QED) is 0.0792. The number of rotatable bonds is 11. The van der Waals surface area contributed by atoms with Gasteiger partial charge in [-0.1, -0.05) is 91.0 Å². The van der Waals surface area contributed by atoms with Gasteiger partial charge in [0.2, 0.25) is 0 Å². The summed E-state index contributed by atoms with van der Waals surface area (Å²) in [7, 11) is 5.84. The molecule has 8 nitrogen and oxygen atoms in total. The summed E-state index contributed by atoms with van der Waals surface area (Å²) in [5.74, 6) is 0.662. The maximum Gasteiger partial charge on any atom is 0.341 e. The Balaban J connectivity index is 0.000000246. The number of ether oxygens (including phenoxy) is 5. The summed E-state index contributed by atoms with van der Waals surface area (Å²) in [5, 5.41) is 9.48. The van der Waals surface area contributed by atoms with Gasteiger partial charge < -0.3 is 28.8 Å². The maximum atomic E-state index is 12.0. The van der Waals surface area contributed by atoms with Crippen LogP contribution in [0, 0.1) is 0 Å². The molecule has 4 aromatic rings. The lowest BCUT2D eigenvalue weighted by Crippen LogP contribution is -2.05. The number of aliphatic carboxylic acids is 1. The molecule has 8 heteroatoms. The van der Waals surface area contributed by atoms with Crippen molar-refractivity contribution in [2.75, 3.05) is 28.4 Å². The molecule has 0 aliphatic rings. The average molecular weight is 609 g/mol. The van der Waals surface area contributed by atoms with E-state index < -0.39 is 11.9 Å². The van der Waals surface area contributed by atoms with E-state index in [2.05, 4.69) is 0 Å². The zero-order valence-corrected chi connectivity index (χ0v) is 25.9. The Hall–Kier alpha value is -5.76. The van der Waals surface area contributed by atoms with Gasteiger partial charge in [-0.25, -0.2) is 9.59 Å². The molecule has 0 bridgehead atoms. The molecule has 0 amide bonds.